The fraction of sp³-hybridized carbons (Fsp3) is 0.474. The SMILES string of the molecule is Cc1c(CNC(=O)c2ccc(OC3CCN(S(C)(=O)=O)CC3)c(Cl)c2)cnn1C. The Morgan fingerprint density at radius 1 is 1.34 bits per heavy atom. The van der Waals surface area contributed by atoms with Gasteiger partial charge < -0.3 is 10.1 Å². The van der Waals surface area contributed by atoms with Crippen molar-refractivity contribution in [3.05, 3.63) is 46.2 Å². The molecule has 1 aliphatic heterocycles. The fourth-order valence-electron chi connectivity index (χ4n) is 3.19. The Hall–Kier alpha value is -2.10. The van der Waals surface area contributed by atoms with Crippen LogP contribution in [-0.4, -0.2) is 53.9 Å². The third kappa shape index (κ3) is 5.29. The molecular weight excluding hydrogens is 416 g/mol. The Kier molecular flexibility index (Phi) is 6.50. The highest BCUT2D eigenvalue weighted by Gasteiger charge is 2.26. The van der Waals surface area contributed by atoms with Gasteiger partial charge in [0.1, 0.15) is 11.9 Å². The minimum absolute atomic E-state index is 0.112. The lowest BCUT2D eigenvalue weighted by molar-refractivity contribution is 0.0950. The van der Waals surface area contributed by atoms with Crippen LogP contribution in [0.5, 0.6) is 5.75 Å². The zero-order chi connectivity index (χ0) is 21.2. The quantitative estimate of drug-likeness (QED) is 0.742. The Morgan fingerprint density at radius 2 is 2.03 bits per heavy atom. The summed E-state index contributed by atoms with van der Waals surface area (Å²) in [7, 11) is -1.32. The van der Waals surface area contributed by atoms with E-state index in [-0.39, 0.29) is 12.0 Å². The molecule has 0 spiro atoms. The lowest BCUT2D eigenvalue weighted by Crippen LogP contribution is -2.41. The van der Waals surface area contributed by atoms with E-state index in [9.17, 15) is 13.2 Å². The molecule has 3 rings (SSSR count). The third-order valence-electron chi connectivity index (χ3n) is 5.13. The summed E-state index contributed by atoms with van der Waals surface area (Å²) in [6, 6.07) is 4.92. The first kappa shape index (κ1) is 21.6. The lowest BCUT2D eigenvalue weighted by Gasteiger charge is -2.30. The number of hydrogen-bond donors (Lipinski definition) is 1. The number of carbonyl (C=O) groups excluding carboxylic acids is 1. The van der Waals surface area contributed by atoms with Gasteiger partial charge in [-0.05, 0) is 38.0 Å². The van der Waals surface area contributed by atoms with Crippen LogP contribution in [0.2, 0.25) is 5.02 Å². The predicted octanol–water partition coefficient (Wildman–Crippen LogP) is 2.11. The molecule has 2 heterocycles. The summed E-state index contributed by atoms with van der Waals surface area (Å²) >= 11 is 6.32. The number of amides is 1. The van der Waals surface area contributed by atoms with Crippen LogP contribution in [0.15, 0.2) is 24.4 Å². The van der Waals surface area contributed by atoms with Crippen LogP contribution in [0.3, 0.4) is 0 Å². The average molecular weight is 441 g/mol. The summed E-state index contributed by atoms with van der Waals surface area (Å²) in [6.07, 6.45) is 4.02. The molecule has 8 nitrogen and oxygen atoms in total. The Morgan fingerprint density at radius 3 is 2.59 bits per heavy atom. The van der Waals surface area contributed by atoms with Gasteiger partial charge in [-0.1, -0.05) is 11.6 Å². The van der Waals surface area contributed by atoms with Crippen molar-refractivity contribution >= 4 is 27.5 Å². The highest BCUT2D eigenvalue weighted by Crippen LogP contribution is 2.29. The van der Waals surface area contributed by atoms with Crippen molar-refractivity contribution in [1.82, 2.24) is 19.4 Å². The number of nitrogens with zero attached hydrogens (tertiary/aromatic N) is 3. The second-order valence-electron chi connectivity index (χ2n) is 7.19. The van der Waals surface area contributed by atoms with Crippen molar-refractivity contribution in [3.8, 4) is 5.75 Å². The van der Waals surface area contributed by atoms with Crippen LogP contribution < -0.4 is 10.1 Å². The van der Waals surface area contributed by atoms with E-state index in [1.165, 1.54) is 10.6 Å². The van der Waals surface area contributed by atoms with Gasteiger partial charge >= 0.3 is 0 Å². The number of carbonyl (C=O) groups is 1. The Balaban J connectivity index is 1.57. The summed E-state index contributed by atoms with van der Waals surface area (Å²) in [5.74, 6) is 0.257. The molecule has 1 aliphatic rings. The number of hydrogen-bond acceptors (Lipinski definition) is 5. The van der Waals surface area contributed by atoms with E-state index in [2.05, 4.69) is 10.4 Å². The normalized spacial score (nSPS) is 16.0. The minimum Gasteiger partial charge on any atom is -0.489 e. The van der Waals surface area contributed by atoms with Gasteiger partial charge in [-0.15, -0.1) is 0 Å². The summed E-state index contributed by atoms with van der Waals surface area (Å²) in [5.41, 5.74) is 2.39. The highest BCUT2D eigenvalue weighted by molar-refractivity contribution is 7.88. The molecule has 0 saturated carbocycles. The maximum atomic E-state index is 12.4. The molecular formula is C19H25ClN4O4S. The van der Waals surface area contributed by atoms with Crippen molar-refractivity contribution in [2.45, 2.75) is 32.4 Å². The molecule has 1 fully saturated rings. The molecule has 1 aromatic carbocycles. The topological polar surface area (TPSA) is 93.5 Å². The number of aryl methyl sites for hydroxylation is 1. The molecule has 29 heavy (non-hydrogen) atoms. The molecule has 1 aromatic heterocycles. The number of piperidine rings is 1. The standard InChI is InChI=1S/C19H25ClN4O4S/c1-13-15(12-22-23(13)2)11-21-19(25)14-4-5-18(17(20)10-14)28-16-6-8-24(9-7-16)29(3,26)27/h4-5,10,12,16H,6-9,11H2,1-3H3,(H,21,25). The number of aromatic nitrogens is 2. The van der Waals surface area contributed by atoms with Gasteiger partial charge in [0.15, 0.2) is 0 Å². The van der Waals surface area contributed by atoms with Crippen molar-refractivity contribution < 1.29 is 17.9 Å². The van der Waals surface area contributed by atoms with E-state index in [4.69, 9.17) is 16.3 Å². The Labute approximate surface area is 175 Å². The smallest absolute Gasteiger partial charge is 0.251 e. The first-order valence-corrected chi connectivity index (χ1v) is 11.5. The molecule has 10 heteroatoms. The van der Waals surface area contributed by atoms with Gasteiger partial charge in [-0.25, -0.2) is 12.7 Å². The molecule has 1 saturated heterocycles. The predicted molar refractivity (Wildman–Crippen MR) is 111 cm³/mol. The van der Waals surface area contributed by atoms with Crippen LogP contribution in [-0.2, 0) is 23.6 Å². The number of benzene rings is 1. The van der Waals surface area contributed by atoms with Crippen molar-refractivity contribution in [1.29, 1.82) is 0 Å². The van der Waals surface area contributed by atoms with Crippen LogP contribution >= 0.6 is 11.6 Å². The lowest BCUT2D eigenvalue weighted by atomic mass is 10.1. The molecule has 1 amide bonds. The van der Waals surface area contributed by atoms with Crippen molar-refractivity contribution in [3.63, 3.8) is 0 Å². The molecule has 1 N–H and O–H groups in total. The zero-order valence-corrected chi connectivity index (χ0v) is 18.3. The van der Waals surface area contributed by atoms with Gasteiger partial charge in [0.25, 0.3) is 5.91 Å². The van der Waals surface area contributed by atoms with Crippen molar-refractivity contribution in [2.24, 2.45) is 7.05 Å². The average Bonchev–Trinajstić information content (AvgIpc) is 2.99. The summed E-state index contributed by atoms with van der Waals surface area (Å²) in [6.45, 7) is 3.18. The third-order valence-corrected chi connectivity index (χ3v) is 6.73. The fourth-order valence-corrected chi connectivity index (χ4v) is 4.29. The molecule has 0 bridgehead atoms. The summed E-state index contributed by atoms with van der Waals surface area (Å²) < 4.78 is 32.3. The molecule has 0 atom stereocenters. The molecule has 0 radical (unpaired) electrons. The molecule has 0 aliphatic carbocycles. The van der Waals surface area contributed by atoms with Crippen LogP contribution in [0.1, 0.15) is 34.5 Å². The first-order valence-electron chi connectivity index (χ1n) is 9.32. The van der Waals surface area contributed by atoms with Crippen molar-refractivity contribution in [2.75, 3.05) is 19.3 Å². The Bertz CT molecular complexity index is 998. The molecule has 0 unspecified atom stereocenters. The van der Waals surface area contributed by atoms with Gasteiger partial charge in [0.05, 0.1) is 17.5 Å². The number of ether oxygens (including phenoxy) is 1. The number of nitrogens with one attached hydrogen (secondary N) is 1. The second-order valence-corrected chi connectivity index (χ2v) is 9.58. The molecule has 2 aromatic rings. The number of sulfonamides is 1. The first-order chi connectivity index (χ1) is 13.6. The van der Waals surface area contributed by atoms with Crippen LogP contribution in [0, 0.1) is 6.92 Å². The van der Waals surface area contributed by atoms with Crippen LogP contribution in [0.25, 0.3) is 0 Å². The maximum absolute atomic E-state index is 12.4. The van der Waals surface area contributed by atoms with E-state index in [1.807, 2.05) is 14.0 Å². The van der Waals surface area contributed by atoms with E-state index in [0.717, 1.165) is 11.3 Å². The monoisotopic (exact) mass is 440 g/mol. The van der Waals surface area contributed by atoms with Crippen LogP contribution in [0.4, 0.5) is 0 Å². The highest BCUT2D eigenvalue weighted by atomic mass is 35.5. The number of rotatable bonds is 6. The number of halogens is 1. The minimum atomic E-state index is -3.17. The summed E-state index contributed by atoms with van der Waals surface area (Å²) in [4.78, 5) is 12.4. The largest absolute Gasteiger partial charge is 0.489 e. The molecule has 158 valence electrons. The van der Waals surface area contributed by atoms with Gasteiger partial charge in [0.2, 0.25) is 10.0 Å². The van der Waals surface area contributed by atoms with E-state index in [0.29, 0.717) is 48.8 Å². The van der Waals surface area contributed by atoms with E-state index < -0.39 is 10.0 Å². The second kappa shape index (κ2) is 8.73. The summed E-state index contributed by atoms with van der Waals surface area (Å²) in [5, 5.41) is 7.37. The van der Waals surface area contributed by atoms with E-state index in [1.54, 1.807) is 29.1 Å². The zero-order valence-electron chi connectivity index (χ0n) is 16.7. The van der Waals surface area contributed by atoms with E-state index >= 15 is 0 Å². The van der Waals surface area contributed by atoms with Gasteiger partial charge in [-0.3, -0.25) is 9.48 Å². The maximum Gasteiger partial charge on any atom is 0.251 e. The van der Waals surface area contributed by atoms with Gasteiger partial charge in [-0.2, -0.15) is 5.10 Å². The van der Waals surface area contributed by atoms with Gasteiger partial charge in [0, 0.05) is 43.5 Å².